The van der Waals surface area contributed by atoms with Gasteiger partial charge in [0.2, 0.25) is 0 Å². The normalized spacial score (nSPS) is 16.3. The highest BCUT2D eigenvalue weighted by molar-refractivity contribution is 5.94. The highest BCUT2D eigenvalue weighted by Gasteiger charge is 2.31. The number of nitrogens with one attached hydrogen (secondary N) is 1. The third-order valence-electron chi connectivity index (χ3n) is 4.72. The minimum atomic E-state index is -4.76. The molecule has 0 bridgehead atoms. The monoisotopic (exact) mass is 408 g/mol. The molecule has 156 valence electrons. The fraction of sp³-hybridized carbons (Fsp3) is 0.381. The topological polar surface area (TPSA) is 50.8 Å². The van der Waals surface area contributed by atoms with Gasteiger partial charge in [-0.05, 0) is 36.8 Å². The molecule has 1 atom stereocenters. The van der Waals surface area contributed by atoms with Gasteiger partial charge in [0, 0.05) is 25.2 Å². The van der Waals surface area contributed by atoms with Crippen LogP contribution in [0.4, 0.5) is 13.2 Å². The minimum absolute atomic E-state index is 0.0180. The van der Waals surface area contributed by atoms with Gasteiger partial charge >= 0.3 is 6.36 Å². The Morgan fingerprint density at radius 3 is 2.48 bits per heavy atom. The van der Waals surface area contributed by atoms with Crippen molar-refractivity contribution in [2.24, 2.45) is 0 Å². The van der Waals surface area contributed by atoms with Gasteiger partial charge in [-0.2, -0.15) is 0 Å². The fourth-order valence-corrected chi connectivity index (χ4v) is 3.32. The molecule has 0 aromatic heterocycles. The molecule has 2 aromatic carbocycles. The van der Waals surface area contributed by atoms with Gasteiger partial charge in [-0.1, -0.05) is 29.8 Å². The van der Waals surface area contributed by atoms with Crippen molar-refractivity contribution in [2.45, 2.75) is 19.3 Å². The molecule has 0 radical (unpaired) electrons. The van der Waals surface area contributed by atoms with E-state index in [4.69, 9.17) is 4.74 Å². The number of amides is 1. The number of aryl methyl sites for hydroxylation is 1. The van der Waals surface area contributed by atoms with Crippen molar-refractivity contribution >= 4 is 5.91 Å². The molecule has 3 rings (SSSR count). The largest absolute Gasteiger partial charge is 0.573 e. The zero-order chi connectivity index (χ0) is 20.9. The van der Waals surface area contributed by atoms with Crippen molar-refractivity contribution in [1.82, 2.24) is 10.2 Å². The van der Waals surface area contributed by atoms with Crippen molar-refractivity contribution < 1.29 is 27.4 Å². The van der Waals surface area contributed by atoms with Crippen LogP contribution in [0.2, 0.25) is 0 Å². The summed E-state index contributed by atoms with van der Waals surface area (Å²) in [6, 6.07) is 13.0. The summed E-state index contributed by atoms with van der Waals surface area (Å²) >= 11 is 0. The lowest BCUT2D eigenvalue weighted by Crippen LogP contribution is -2.43. The van der Waals surface area contributed by atoms with Gasteiger partial charge in [0.1, 0.15) is 5.75 Å². The first kappa shape index (κ1) is 21.1. The summed E-state index contributed by atoms with van der Waals surface area (Å²) in [4.78, 5) is 14.8. The Morgan fingerprint density at radius 1 is 1.17 bits per heavy atom. The molecular weight excluding hydrogens is 385 g/mol. The van der Waals surface area contributed by atoms with E-state index in [2.05, 4.69) is 21.0 Å². The summed E-state index contributed by atoms with van der Waals surface area (Å²) in [5.74, 6) is -0.713. The molecule has 1 unspecified atom stereocenters. The predicted molar refractivity (Wildman–Crippen MR) is 102 cm³/mol. The summed E-state index contributed by atoms with van der Waals surface area (Å²) in [7, 11) is 0. The van der Waals surface area contributed by atoms with E-state index in [1.54, 1.807) is 0 Å². The molecule has 8 heteroatoms. The zero-order valence-corrected chi connectivity index (χ0v) is 16.0. The van der Waals surface area contributed by atoms with E-state index in [0.29, 0.717) is 19.8 Å². The Balaban J connectivity index is 1.67. The maximum Gasteiger partial charge on any atom is 0.573 e. The second-order valence-corrected chi connectivity index (χ2v) is 6.86. The SMILES string of the molecule is Cc1cccc(C(CNC(=O)c2ccc(OC(F)(F)F)cc2)N2CCOCC2)c1. The van der Waals surface area contributed by atoms with E-state index in [1.165, 1.54) is 12.1 Å². The van der Waals surface area contributed by atoms with Crippen molar-refractivity contribution in [3.05, 3.63) is 65.2 Å². The molecule has 1 aliphatic heterocycles. The lowest BCUT2D eigenvalue weighted by molar-refractivity contribution is -0.274. The van der Waals surface area contributed by atoms with Crippen LogP contribution < -0.4 is 10.1 Å². The maximum atomic E-state index is 12.5. The van der Waals surface area contributed by atoms with E-state index in [9.17, 15) is 18.0 Å². The van der Waals surface area contributed by atoms with E-state index in [1.807, 2.05) is 25.1 Å². The number of nitrogens with zero attached hydrogens (tertiary/aromatic N) is 1. The van der Waals surface area contributed by atoms with Crippen LogP contribution in [0.15, 0.2) is 48.5 Å². The van der Waals surface area contributed by atoms with Crippen molar-refractivity contribution in [1.29, 1.82) is 0 Å². The van der Waals surface area contributed by atoms with Crippen LogP contribution in [0.5, 0.6) is 5.75 Å². The van der Waals surface area contributed by atoms with Gasteiger partial charge in [0.15, 0.2) is 0 Å². The average molecular weight is 408 g/mol. The number of rotatable bonds is 6. The van der Waals surface area contributed by atoms with E-state index in [-0.39, 0.29) is 23.3 Å². The molecule has 2 aromatic rings. The summed E-state index contributed by atoms with van der Waals surface area (Å²) in [6.45, 7) is 5.19. The molecule has 1 saturated heterocycles. The number of carbonyl (C=O) groups is 1. The molecule has 1 N–H and O–H groups in total. The van der Waals surface area contributed by atoms with Crippen LogP contribution in [0.25, 0.3) is 0 Å². The molecule has 0 aliphatic carbocycles. The van der Waals surface area contributed by atoms with Crippen molar-refractivity contribution in [3.63, 3.8) is 0 Å². The minimum Gasteiger partial charge on any atom is -0.406 e. The van der Waals surface area contributed by atoms with Gasteiger partial charge in [-0.15, -0.1) is 13.2 Å². The Hall–Kier alpha value is -2.58. The van der Waals surface area contributed by atoms with Crippen molar-refractivity contribution in [3.8, 4) is 5.75 Å². The molecule has 0 saturated carbocycles. The number of hydrogen-bond donors (Lipinski definition) is 1. The molecule has 5 nitrogen and oxygen atoms in total. The number of benzene rings is 2. The van der Waals surface area contributed by atoms with Crippen molar-refractivity contribution in [2.75, 3.05) is 32.8 Å². The van der Waals surface area contributed by atoms with Crippen LogP contribution in [0.1, 0.15) is 27.5 Å². The Morgan fingerprint density at radius 2 is 1.86 bits per heavy atom. The maximum absolute atomic E-state index is 12.5. The van der Waals surface area contributed by atoms with Crippen LogP contribution >= 0.6 is 0 Å². The third kappa shape index (κ3) is 6.20. The van der Waals surface area contributed by atoms with E-state index in [0.717, 1.165) is 36.3 Å². The van der Waals surface area contributed by atoms with Gasteiger partial charge in [-0.25, -0.2) is 0 Å². The number of ether oxygens (including phenoxy) is 2. The Bertz CT molecular complexity index is 819. The van der Waals surface area contributed by atoms with Gasteiger partial charge in [0.05, 0.1) is 19.3 Å². The lowest BCUT2D eigenvalue weighted by atomic mass is 10.0. The molecule has 1 aliphatic rings. The van der Waals surface area contributed by atoms with Crippen LogP contribution in [-0.2, 0) is 4.74 Å². The molecule has 0 spiro atoms. The lowest BCUT2D eigenvalue weighted by Gasteiger charge is -2.35. The number of carbonyl (C=O) groups excluding carboxylic acids is 1. The number of halogens is 3. The zero-order valence-electron chi connectivity index (χ0n) is 16.0. The Kier molecular flexibility index (Phi) is 6.76. The predicted octanol–water partition coefficient (Wildman–Crippen LogP) is 3.70. The summed E-state index contributed by atoms with van der Waals surface area (Å²) < 4.78 is 46.0. The summed E-state index contributed by atoms with van der Waals surface area (Å²) in [5, 5.41) is 2.90. The second-order valence-electron chi connectivity index (χ2n) is 6.86. The van der Waals surface area contributed by atoms with Crippen LogP contribution in [0, 0.1) is 6.92 Å². The smallest absolute Gasteiger partial charge is 0.406 e. The second kappa shape index (κ2) is 9.28. The highest BCUT2D eigenvalue weighted by atomic mass is 19.4. The molecular formula is C21H23F3N2O3. The average Bonchev–Trinajstić information content (AvgIpc) is 2.68. The van der Waals surface area contributed by atoms with E-state index >= 15 is 0 Å². The molecule has 1 heterocycles. The number of alkyl halides is 3. The van der Waals surface area contributed by atoms with Crippen LogP contribution in [0.3, 0.4) is 0 Å². The van der Waals surface area contributed by atoms with Gasteiger partial charge < -0.3 is 14.8 Å². The molecule has 29 heavy (non-hydrogen) atoms. The first-order valence-electron chi connectivity index (χ1n) is 9.34. The summed E-state index contributed by atoms with van der Waals surface area (Å²) in [6.07, 6.45) is -4.76. The first-order chi connectivity index (χ1) is 13.8. The highest BCUT2D eigenvalue weighted by Crippen LogP contribution is 2.24. The molecule has 1 amide bonds. The Labute approximate surface area is 167 Å². The summed E-state index contributed by atoms with van der Waals surface area (Å²) in [5.41, 5.74) is 2.50. The number of morpholine rings is 1. The number of hydrogen-bond acceptors (Lipinski definition) is 4. The third-order valence-corrected chi connectivity index (χ3v) is 4.72. The molecule has 1 fully saturated rings. The van der Waals surface area contributed by atoms with Crippen LogP contribution in [-0.4, -0.2) is 50.0 Å². The quantitative estimate of drug-likeness (QED) is 0.792. The first-order valence-corrected chi connectivity index (χ1v) is 9.34. The van der Waals surface area contributed by atoms with Gasteiger partial charge in [0.25, 0.3) is 5.91 Å². The fourth-order valence-electron chi connectivity index (χ4n) is 3.32. The standard InChI is InChI=1S/C21H23F3N2O3/c1-15-3-2-4-17(13-15)19(26-9-11-28-12-10-26)14-25-20(27)16-5-7-18(8-6-16)29-21(22,23)24/h2-8,13,19H,9-12,14H2,1H3,(H,25,27). The van der Waals surface area contributed by atoms with E-state index < -0.39 is 6.36 Å². The van der Waals surface area contributed by atoms with Gasteiger partial charge in [-0.3, -0.25) is 9.69 Å².